The third kappa shape index (κ3) is 2.89. The number of rotatable bonds is 4. The zero-order valence-electron chi connectivity index (χ0n) is 11.1. The molecule has 1 aromatic carbocycles. The van der Waals surface area contributed by atoms with E-state index in [0.29, 0.717) is 25.4 Å². The van der Waals surface area contributed by atoms with Gasteiger partial charge < -0.3 is 14.4 Å². The average molecular weight is 261 g/mol. The third-order valence-electron chi connectivity index (χ3n) is 3.72. The highest BCUT2D eigenvalue weighted by Gasteiger charge is 2.17. The second-order valence-corrected chi connectivity index (χ2v) is 5.08. The molecule has 2 heterocycles. The van der Waals surface area contributed by atoms with Crippen LogP contribution < -0.4 is 9.47 Å². The monoisotopic (exact) mass is 261 g/mol. The topological polar surface area (TPSA) is 38.8 Å². The lowest BCUT2D eigenvalue weighted by Gasteiger charge is -2.19. The first-order valence-electron chi connectivity index (χ1n) is 6.98. The van der Waals surface area contributed by atoms with Crippen molar-refractivity contribution in [2.45, 2.75) is 19.3 Å². The smallest absolute Gasteiger partial charge is 0.164 e. The molecule has 0 radical (unpaired) electrons. The molecular formula is C15H19NO3. The highest BCUT2D eigenvalue weighted by molar-refractivity contribution is 5.96. The number of hydrogen-bond donors (Lipinski definition) is 0. The van der Waals surface area contributed by atoms with Crippen LogP contribution in [0.25, 0.3) is 0 Å². The van der Waals surface area contributed by atoms with Crippen LogP contribution in [0.5, 0.6) is 11.5 Å². The zero-order chi connectivity index (χ0) is 13.1. The van der Waals surface area contributed by atoms with E-state index < -0.39 is 0 Å². The van der Waals surface area contributed by atoms with Gasteiger partial charge in [0.1, 0.15) is 13.2 Å². The number of carbonyl (C=O) groups excluding carboxylic acids is 1. The number of benzene rings is 1. The van der Waals surface area contributed by atoms with Gasteiger partial charge in [0.05, 0.1) is 0 Å². The molecule has 2 aliphatic rings. The molecule has 0 aromatic heterocycles. The number of fused-ring (bicyclic) bond motifs is 1. The predicted octanol–water partition coefficient (Wildman–Crippen LogP) is 2.13. The second kappa shape index (κ2) is 5.61. The fraction of sp³-hybridized carbons (Fsp3) is 0.533. The number of ketones is 1. The number of carbonyl (C=O) groups is 1. The van der Waals surface area contributed by atoms with Crippen molar-refractivity contribution in [1.29, 1.82) is 0 Å². The van der Waals surface area contributed by atoms with Gasteiger partial charge in [-0.05, 0) is 44.1 Å². The Kier molecular flexibility index (Phi) is 3.69. The molecule has 2 aliphatic heterocycles. The van der Waals surface area contributed by atoms with Crippen molar-refractivity contribution in [1.82, 2.24) is 4.90 Å². The van der Waals surface area contributed by atoms with Crippen LogP contribution in [0.15, 0.2) is 18.2 Å². The molecule has 0 N–H and O–H groups in total. The van der Waals surface area contributed by atoms with Crippen molar-refractivity contribution < 1.29 is 14.3 Å². The first-order valence-corrected chi connectivity index (χ1v) is 6.98. The van der Waals surface area contributed by atoms with E-state index in [1.807, 2.05) is 12.1 Å². The van der Waals surface area contributed by atoms with Crippen LogP contribution in [0, 0.1) is 0 Å². The van der Waals surface area contributed by atoms with E-state index in [4.69, 9.17) is 9.47 Å². The summed E-state index contributed by atoms with van der Waals surface area (Å²) in [5.41, 5.74) is 0.725. The van der Waals surface area contributed by atoms with E-state index in [2.05, 4.69) is 4.90 Å². The molecule has 0 spiro atoms. The summed E-state index contributed by atoms with van der Waals surface area (Å²) in [6, 6.07) is 5.47. The summed E-state index contributed by atoms with van der Waals surface area (Å²) >= 11 is 0. The summed E-state index contributed by atoms with van der Waals surface area (Å²) in [6.07, 6.45) is 3.11. The van der Waals surface area contributed by atoms with Crippen molar-refractivity contribution in [3.8, 4) is 11.5 Å². The van der Waals surface area contributed by atoms with E-state index in [1.165, 1.54) is 12.8 Å². The molecule has 0 atom stereocenters. The molecule has 4 heteroatoms. The Morgan fingerprint density at radius 2 is 1.84 bits per heavy atom. The van der Waals surface area contributed by atoms with Crippen LogP contribution in [0.2, 0.25) is 0 Å². The van der Waals surface area contributed by atoms with Crippen LogP contribution in [0.1, 0.15) is 29.6 Å². The molecule has 0 unspecified atom stereocenters. The quantitative estimate of drug-likeness (QED) is 0.778. The molecule has 4 nitrogen and oxygen atoms in total. The van der Waals surface area contributed by atoms with E-state index >= 15 is 0 Å². The maximum atomic E-state index is 12.2. The van der Waals surface area contributed by atoms with Gasteiger partial charge >= 0.3 is 0 Å². The highest BCUT2D eigenvalue weighted by atomic mass is 16.6. The van der Waals surface area contributed by atoms with Crippen molar-refractivity contribution in [3.63, 3.8) is 0 Å². The van der Waals surface area contributed by atoms with Crippen LogP contribution >= 0.6 is 0 Å². The summed E-state index contributed by atoms with van der Waals surface area (Å²) < 4.78 is 11.0. The molecule has 19 heavy (non-hydrogen) atoms. The van der Waals surface area contributed by atoms with Crippen molar-refractivity contribution in [2.75, 3.05) is 32.8 Å². The van der Waals surface area contributed by atoms with Crippen LogP contribution in [0.3, 0.4) is 0 Å². The molecule has 102 valence electrons. The minimum atomic E-state index is 0.184. The molecule has 0 aliphatic carbocycles. The van der Waals surface area contributed by atoms with Crippen molar-refractivity contribution in [3.05, 3.63) is 23.8 Å². The molecule has 0 amide bonds. The van der Waals surface area contributed by atoms with Crippen LogP contribution in [-0.4, -0.2) is 43.5 Å². The van der Waals surface area contributed by atoms with Crippen LogP contribution in [-0.2, 0) is 0 Å². The number of likely N-dealkylation sites (tertiary alicyclic amines) is 1. The van der Waals surface area contributed by atoms with Gasteiger partial charge in [-0.1, -0.05) is 0 Å². The van der Waals surface area contributed by atoms with Gasteiger partial charge in [0.25, 0.3) is 0 Å². The van der Waals surface area contributed by atoms with Gasteiger partial charge in [-0.3, -0.25) is 4.79 Å². The highest BCUT2D eigenvalue weighted by Crippen LogP contribution is 2.31. The molecule has 1 aromatic rings. The van der Waals surface area contributed by atoms with Gasteiger partial charge in [0.15, 0.2) is 17.3 Å². The average Bonchev–Trinajstić information content (AvgIpc) is 2.97. The molecule has 0 bridgehead atoms. The second-order valence-electron chi connectivity index (χ2n) is 5.08. The minimum absolute atomic E-state index is 0.184. The summed E-state index contributed by atoms with van der Waals surface area (Å²) in [4.78, 5) is 14.5. The lowest BCUT2D eigenvalue weighted by atomic mass is 10.1. The van der Waals surface area contributed by atoms with E-state index in [0.717, 1.165) is 30.9 Å². The minimum Gasteiger partial charge on any atom is -0.486 e. The van der Waals surface area contributed by atoms with Gasteiger partial charge in [-0.25, -0.2) is 0 Å². The van der Waals surface area contributed by atoms with Gasteiger partial charge in [-0.15, -0.1) is 0 Å². The summed E-state index contributed by atoms with van der Waals surface area (Å²) in [5.74, 6) is 1.62. The molecular weight excluding hydrogens is 242 g/mol. The molecule has 0 saturated carbocycles. The number of hydrogen-bond acceptors (Lipinski definition) is 4. The van der Waals surface area contributed by atoms with E-state index in [1.54, 1.807) is 6.07 Å². The fourth-order valence-corrected chi connectivity index (χ4v) is 2.63. The maximum Gasteiger partial charge on any atom is 0.164 e. The number of nitrogens with zero attached hydrogens (tertiary/aromatic N) is 1. The standard InChI is InChI=1S/C15H19NO3/c17-13(5-8-16-6-1-2-7-16)12-3-4-14-15(11-12)19-10-9-18-14/h3-4,11H,1-2,5-10H2. The molecule has 3 rings (SSSR count). The Morgan fingerprint density at radius 1 is 1.11 bits per heavy atom. The van der Waals surface area contributed by atoms with Gasteiger partial charge in [0, 0.05) is 18.5 Å². The predicted molar refractivity (Wildman–Crippen MR) is 72.1 cm³/mol. The maximum absolute atomic E-state index is 12.2. The van der Waals surface area contributed by atoms with Crippen molar-refractivity contribution in [2.24, 2.45) is 0 Å². The van der Waals surface area contributed by atoms with E-state index in [9.17, 15) is 4.79 Å². The fourth-order valence-electron chi connectivity index (χ4n) is 2.63. The largest absolute Gasteiger partial charge is 0.486 e. The number of ether oxygens (including phenoxy) is 2. The third-order valence-corrected chi connectivity index (χ3v) is 3.72. The lowest BCUT2D eigenvalue weighted by molar-refractivity contribution is 0.0967. The van der Waals surface area contributed by atoms with Crippen LogP contribution in [0.4, 0.5) is 0 Å². The van der Waals surface area contributed by atoms with Gasteiger partial charge in [0.2, 0.25) is 0 Å². The summed E-state index contributed by atoms with van der Waals surface area (Å²) in [5, 5.41) is 0. The Morgan fingerprint density at radius 3 is 2.63 bits per heavy atom. The summed E-state index contributed by atoms with van der Waals surface area (Å²) in [7, 11) is 0. The SMILES string of the molecule is O=C(CCN1CCCC1)c1ccc2c(c1)OCCO2. The van der Waals surface area contributed by atoms with Gasteiger partial charge in [-0.2, -0.15) is 0 Å². The van der Waals surface area contributed by atoms with E-state index in [-0.39, 0.29) is 5.78 Å². The summed E-state index contributed by atoms with van der Waals surface area (Å²) in [6.45, 7) is 4.27. The Bertz CT molecular complexity index is 466. The normalized spacial score (nSPS) is 18.5. The Balaban J connectivity index is 1.62. The molecule has 1 fully saturated rings. The van der Waals surface area contributed by atoms with Crippen molar-refractivity contribution >= 4 is 5.78 Å². The first-order chi connectivity index (χ1) is 9.33. The Hall–Kier alpha value is -1.55. The lowest BCUT2D eigenvalue weighted by Crippen LogP contribution is -2.22. The Labute approximate surface area is 113 Å². The zero-order valence-corrected chi connectivity index (χ0v) is 11.1. The first kappa shape index (κ1) is 12.5. The molecule has 1 saturated heterocycles. The number of Topliss-reactive ketones (excluding diaryl/α,β-unsaturated/α-hetero) is 1.